The summed E-state index contributed by atoms with van der Waals surface area (Å²) >= 11 is 0. The maximum Gasteiger partial charge on any atom is 0.235 e. The summed E-state index contributed by atoms with van der Waals surface area (Å²) in [6, 6.07) is 0. The van der Waals surface area contributed by atoms with Crippen LogP contribution in [0.25, 0.3) is 0 Å². The first-order valence-electron chi connectivity index (χ1n) is 7.73. The fraction of sp³-hybridized carbons (Fsp3) is 0.500. The van der Waals surface area contributed by atoms with Crippen LogP contribution in [0.2, 0.25) is 0 Å². The van der Waals surface area contributed by atoms with Gasteiger partial charge in [-0.15, -0.1) is 0 Å². The summed E-state index contributed by atoms with van der Waals surface area (Å²) in [5.41, 5.74) is 1.70. The average molecular weight is 315 g/mol. The quantitative estimate of drug-likeness (QED) is 0.853. The topological polar surface area (TPSA) is 73.3 Å². The highest BCUT2D eigenvalue weighted by atomic mass is 16.5. The Bertz CT molecular complexity index is 654. The number of methoxy groups -OCH3 is 1. The van der Waals surface area contributed by atoms with Crippen molar-refractivity contribution >= 4 is 5.95 Å². The number of nitrogens with zero attached hydrogens (tertiary/aromatic N) is 5. The molecule has 0 aliphatic carbocycles. The third kappa shape index (κ3) is 3.67. The van der Waals surface area contributed by atoms with Gasteiger partial charge in [0.05, 0.1) is 30.9 Å². The third-order valence-corrected chi connectivity index (χ3v) is 3.89. The van der Waals surface area contributed by atoms with Crippen LogP contribution in [0.4, 0.5) is 5.95 Å². The monoisotopic (exact) mass is 315 g/mol. The zero-order chi connectivity index (χ0) is 16.2. The fourth-order valence-corrected chi connectivity index (χ4v) is 2.54. The van der Waals surface area contributed by atoms with Crippen LogP contribution in [0.3, 0.4) is 0 Å². The van der Waals surface area contributed by atoms with Gasteiger partial charge in [0.25, 0.3) is 0 Å². The minimum atomic E-state index is 0.152. The smallest absolute Gasteiger partial charge is 0.235 e. The molecule has 2 aromatic heterocycles. The van der Waals surface area contributed by atoms with Crippen molar-refractivity contribution in [1.29, 1.82) is 0 Å². The van der Waals surface area contributed by atoms with E-state index in [9.17, 15) is 0 Å². The van der Waals surface area contributed by atoms with Gasteiger partial charge >= 0.3 is 0 Å². The number of hydrogen-bond donors (Lipinski definition) is 0. The molecular weight excluding hydrogens is 294 g/mol. The number of anilines is 1. The Labute approximate surface area is 135 Å². The molecule has 7 heteroatoms. The lowest BCUT2D eigenvalue weighted by Gasteiger charge is -2.32. The number of aromatic nitrogens is 4. The van der Waals surface area contributed by atoms with E-state index < -0.39 is 0 Å². The Balaban J connectivity index is 1.58. The van der Waals surface area contributed by atoms with E-state index in [1.807, 2.05) is 13.8 Å². The van der Waals surface area contributed by atoms with E-state index in [-0.39, 0.29) is 6.10 Å². The molecule has 3 rings (SSSR count). The number of piperidine rings is 1. The minimum absolute atomic E-state index is 0.152. The molecule has 23 heavy (non-hydrogen) atoms. The fourth-order valence-electron chi connectivity index (χ4n) is 2.54. The molecule has 2 aromatic rings. The SMILES string of the molecule is COc1cnc(N2CCC(Oc3nc(C)cnc3C)CC2)nc1. The van der Waals surface area contributed by atoms with Crippen LogP contribution in [0, 0.1) is 13.8 Å². The van der Waals surface area contributed by atoms with Crippen LogP contribution in [0.1, 0.15) is 24.2 Å². The number of aryl methyl sites for hydroxylation is 2. The van der Waals surface area contributed by atoms with Gasteiger partial charge in [-0.25, -0.2) is 15.0 Å². The Morgan fingerprint density at radius 2 is 1.74 bits per heavy atom. The van der Waals surface area contributed by atoms with Crippen molar-refractivity contribution in [2.75, 3.05) is 25.1 Å². The van der Waals surface area contributed by atoms with Gasteiger partial charge in [0, 0.05) is 32.1 Å². The zero-order valence-corrected chi connectivity index (χ0v) is 13.7. The first-order chi connectivity index (χ1) is 11.2. The van der Waals surface area contributed by atoms with Crippen LogP contribution in [-0.4, -0.2) is 46.2 Å². The normalized spacial score (nSPS) is 15.5. The Kier molecular flexibility index (Phi) is 4.55. The predicted octanol–water partition coefficient (Wildman–Crippen LogP) is 1.94. The standard InChI is InChI=1S/C16H21N5O2/c1-11-8-17-12(2)15(20-11)23-13-4-6-21(7-5-13)16-18-9-14(22-3)10-19-16/h8-10,13H,4-7H2,1-3H3. The molecule has 0 N–H and O–H groups in total. The van der Waals surface area contributed by atoms with Gasteiger partial charge in [-0.05, 0) is 13.8 Å². The lowest BCUT2D eigenvalue weighted by Crippen LogP contribution is -2.39. The van der Waals surface area contributed by atoms with E-state index in [2.05, 4.69) is 24.8 Å². The second kappa shape index (κ2) is 6.76. The van der Waals surface area contributed by atoms with Crippen molar-refractivity contribution in [3.63, 3.8) is 0 Å². The highest BCUT2D eigenvalue weighted by Crippen LogP contribution is 2.22. The summed E-state index contributed by atoms with van der Waals surface area (Å²) in [6.07, 6.45) is 7.10. The summed E-state index contributed by atoms with van der Waals surface area (Å²) in [5, 5.41) is 0. The summed E-state index contributed by atoms with van der Waals surface area (Å²) in [4.78, 5) is 19.5. The van der Waals surface area contributed by atoms with Crippen LogP contribution >= 0.6 is 0 Å². The van der Waals surface area contributed by atoms with Crippen LogP contribution in [0.5, 0.6) is 11.6 Å². The highest BCUT2D eigenvalue weighted by Gasteiger charge is 2.23. The third-order valence-electron chi connectivity index (χ3n) is 3.89. The van der Waals surface area contributed by atoms with Gasteiger partial charge < -0.3 is 14.4 Å². The molecule has 7 nitrogen and oxygen atoms in total. The molecule has 0 amide bonds. The summed E-state index contributed by atoms with van der Waals surface area (Å²) in [5.74, 6) is 2.04. The van der Waals surface area contributed by atoms with Gasteiger partial charge in [0.1, 0.15) is 6.10 Å². The minimum Gasteiger partial charge on any atom is -0.494 e. The molecule has 0 saturated carbocycles. The van der Waals surface area contributed by atoms with E-state index in [1.54, 1.807) is 25.7 Å². The van der Waals surface area contributed by atoms with Gasteiger partial charge in [-0.2, -0.15) is 0 Å². The molecule has 0 aromatic carbocycles. The van der Waals surface area contributed by atoms with Crippen molar-refractivity contribution < 1.29 is 9.47 Å². The van der Waals surface area contributed by atoms with E-state index >= 15 is 0 Å². The maximum atomic E-state index is 6.03. The summed E-state index contributed by atoms with van der Waals surface area (Å²) in [7, 11) is 1.61. The molecule has 1 fully saturated rings. The Hall–Kier alpha value is -2.44. The molecule has 0 bridgehead atoms. The number of rotatable bonds is 4. The molecule has 3 heterocycles. The van der Waals surface area contributed by atoms with Gasteiger partial charge in [0.15, 0.2) is 5.75 Å². The largest absolute Gasteiger partial charge is 0.494 e. The van der Waals surface area contributed by atoms with Crippen LogP contribution in [0.15, 0.2) is 18.6 Å². The molecule has 1 aliphatic heterocycles. The lowest BCUT2D eigenvalue weighted by atomic mass is 10.1. The molecule has 1 aliphatic rings. The van der Waals surface area contributed by atoms with E-state index in [0.29, 0.717) is 11.6 Å². The van der Waals surface area contributed by atoms with Crippen molar-refractivity contribution in [1.82, 2.24) is 19.9 Å². The Morgan fingerprint density at radius 3 is 2.39 bits per heavy atom. The van der Waals surface area contributed by atoms with Gasteiger partial charge in [-0.1, -0.05) is 0 Å². The van der Waals surface area contributed by atoms with Crippen LogP contribution in [-0.2, 0) is 0 Å². The second-order valence-corrected chi connectivity index (χ2v) is 5.63. The second-order valence-electron chi connectivity index (χ2n) is 5.63. The maximum absolute atomic E-state index is 6.03. The van der Waals surface area contributed by atoms with E-state index in [1.165, 1.54) is 0 Å². The van der Waals surface area contributed by atoms with Crippen molar-refractivity contribution in [2.45, 2.75) is 32.8 Å². The van der Waals surface area contributed by atoms with Crippen molar-refractivity contribution in [2.24, 2.45) is 0 Å². The summed E-state index contributed by atoms with van der Waals surface area (Å²) < 4.78 is 11.1. The average Bonchev–Trinajstić information content (AvgIpc) is 2.59. The lowest BCUT2D eigenvalue weighted by molar-refractivity contribution is 0.161. The molecule has 0 unspecified atom stereocenters. The van der Waals surface area contributed by atoms with E-state index in [0.717, 1.165) is 43.3 Å². The van der Waals surface area contributed by atoms with Crippen molar-refractivity contribution in [3.05, 3.63) is 30.0 Å². The first-order valence-corrected chi connectivity index (χ1v) is 7.73. The van der Waals surface area contributed by atoms with Crippen molar-refractivity contribution in [3.8, 4) is 11.6 Å². The van der Waals surface area contributed by atoms with E-state index in [4.69, 9.17) is 9.47 Å². The molecule has 122 valence electrons. The molecule has 0 radical (unpaired) electrons. The van der Waals surface area contributed by atoms with Crippen LogP contribution < -0.4 is 14.4 Å². The zero-order valence-electron chi connectivity index (χ0n) is 13.7. The number of ether oxygens (including phenoxy) is 2. The summed E-state index contributed by atoms with van der Waals surface area (Å²) in [6.45, 7) is 5.55. The van der Waals surface area contributed by atoms with Gasteiger partial charge in [0.2, 0.25) is 11.8 Å². The molecule has 0 spiro atoms. The molecule has 0 atom stereocenters. The van der Waals surface area contributed by atoms with Gasteiger partial charge in [-0.3, -0.25) is 4.98 Å². The first kappa shape index (κ1) is 15.5. The highest BCUT2D eigenvalue weighted by molar-refractivity contribution is 5.32. The predicted molar refractivity (Wildman–Crippen MR) is 86.0 cm³/mol. The molecular formula is C16H21N5O2. The molecule has 1 saturated heterocycles. The Morgan fingerprint density at radius 1 is 1.04 bits per heavy atom. The number of hydrogen-bond acceptors (Lipinski definition) is 7.